The summed E-state index contributed by atoms with van der Waals surface area (Å²) in [6.07, 6.45) is 17.3. The minimum absolute atomic E-state index is 0.178. The van der Waals surface area contributed by atoms with Crippen LogP contribution >= 0.6 is 0 Å². The van der Waals surface area contributed by atoms with E-state index in [4.69, 9.17) is 5.11 Å². The first-order valence-electron chi connectivity index (χ1n) is 13.7. The van der Waals surface area contributed by atoms with E-state index in [9.17, 15) is 13.0 Å². The summed E-state index contributed by atoms with van der Waals surface area (Å²) in [5.41, 5.74) is 0.928. The smallest absolute Gasteiger partial charge is 0.124 e. The molecular formula is C28H53NO4S. The first kappa shape index (κ1) is 33.0. The van der Waals surface area contributed by atoms with E-state index in [1.54, 1.807) is 12.1 Å². The lowest BCUT2D eigenvalue weighted by molar-refractivity contribution is -0.929. The minimum Gasteiger partial charge on any atom is -0.744 e. The molecule has 0 saturated heterocycles. The highest BCUT2D eigenvalue weighted by Crippen LogP contribution is 2.18. The number of rotatable bonds is 19. The molecule has 0 amide bonds. The maximum absolute atomic E-state index is 10.4. The van der Waals surface area contributed by atoms with Crippen LogP contribution in [0, 0.1) is 6.92 Å². The molecule has 200 valence electrons. The molecule has 0 atom stereocenters. The van der Waals surface area contributed by atoms with E-state index in [1.165, 1.54) is 120 Å². The second kappa shape index (κ2) is 20.3. The summed E-state index contributed by atoms with van der Waals surface area (Å²) in [6, 6.07) is 5.78. The van der Waals surface area contributed by atoms with Gasteiger partial charge < -0.3 is 14.1 Å². The normalized spacial score (nSPS) is 11.8. The predicted octanol–water partition coefficient (Wildman–Crippen LogP) is 6.83. The summed E-state index contributed by atoms with van der Waals surface area (Å²) >= 11 is 0. The Hall–Kier alpha value is -0.950. The van der Waals surface area contributed by atoms with Gasteiger partial charge in [-0.25, -0.2) is 8.42 Å². The topological polar surface area (TPSA) is 77.4 Å². The number of nitrogens with zero attached hydrogens (tertiary/aromatic N) is 1. The first-order valence-corrected chi connectivity index (χ1v) is 15.1. The number of benzene rings is 1. The van der Waals surface area contributed by atoms with Gasteiger partial charge in [0.2, 0.25) is 0 Å². The van der Waals surface area contributed by atoms with Crippen LogP contribution in [-0.2, 0) is 10.1 Å². The van der Waals surface area contributed by atoms with E-state index in [1.807, 2.05) is 6.92 Å². The third-order valence-corrected chi connectivity index (χ3v) is 7.41. The van der Waals surface area contributed by atoms with Crippen molar-refractivity contribution in [2.45, 2.75) is 116 Å². The van der Waals surface area contributed by atoms with Gasteiger partial charge in [-0.15, -0.1) is 0 Å². The summed E-state index contributed by atoms with van der Waals surface area (Å²) in [7, 11) is -4.27. The van der Waals surface area contributed by atoms with Crippen molar-refractivity contribution >= 4 is 10.1 Å². The average molecular weight is 500 g/mol. The molecule has 0 unspecified atom stereocenters. The zero-order chi connectivity index (χ0) is 25.7. The SMILES string of the molecule is CCCCCC[N+](CCCCC)(CCCCO)CCCCCC.Cc1ccc(S(=O)(=O)[O-])cc1. The number of quaternary nitrogens is 1. The van der Waals surface area contributed by atoms with Crippen molar-refractivity contribution in [3.05, 3.63) is 29.8 Å². The fourth-order valence-corrected chi connectivity index (χ4v) is 4.85. The summed E-state index contributed by atoms with van der Waals surface area (Å²) in [6.45, 7) is 14.5. The summed E-state index contributed by atoms with van der Waals surface area (Å²) < 4.78 is 32.5. The molecule has 0 bridgehead atoms. The Labute approximate surface area is 211 Å². The number of aliphatic hydroxyl groups is 1. The summed E-state index contributed by atoms with van der Waals surface area (Å²) in [5.74, 6) is 0. The van der Waals surface area contributed by atoms with Crippen LogP contribution in [-0.4, -0.2) is 55.3 Å². The fraction of sp³-hybridized carbons (Fsp3) is 0.786. The lowest BCUT2D eigenvalue weighted by Gasteiger charge is -2.39. The highest BCUT2D eigenvalue weighted by atomic mass is 32.2. The molecule has 0 saturated carbocycles. The van der Waals surface area contributed by atoms with Gasteiger partial charge in [0.25, 0.3) is 0 Å². The van der Waals surface area contributed by atoms with Crippen LogP contribution in [0.4, 0.5) is 0 Å². The van der Waals surface area contributed by atoms with Crippen molar-refractivity contribution in [2.24, 2.45) is 0 Å². The molecule has 0 heterocycles. The van der Waals surface area contributed by atoms with E-state index in [0.717, 1.165) is 12.0 Å². The molecule has 1 aromatic carbocycles. The number of unbranched alkanes of at least 4 members (excludes halogenated alkanes) is 9. The molecule has 0 aliphatic rings. The fourth-order valence-electron chi connectivity index (χ4n) is 4.38. The highest BCUT2D eigenvalue weighted by molar-refractivity contribution is 7.85. The van der Waals surface area contributed by atoms with Gasteiger partial charge in [-0.3, -0.25) is 0 Å². The molecule has 0 fully saturated rings. The van der Waals surface area contributed by atoms with E-state index in [2.05, 4.69) is 20.8 Å². The number of aryl methyl sites for hydroxylation is 1. The molecule has 34 heavy (non-hydrogen) atoms. The maximum atomic E-state index is 10.4. The van der Waals surface area contributed by atoms with Gasteiger partial charge in [-0.05, 0) is 70.4 Å². The molecule has 0 spiro atoms. The molecule has 0 aromatic heterocycles. The number of aliphatic hydroxyl groups excluding tert-OH is 1. The Morgan fingerprint density at radius 3 is 1.44 bits per heavy atom. The molecule has 6 heteroatoms. The monoisotopic (exact) mass is 499 g/mol. The van der Waals surface area contributed by atoms with Crippen LogP contribution < -0.4 is 0 Å². The van der Waals surface area contributed by atoms with E-state index < -0.39 is 10.1 Å². The Morgan fingerprint density at radius 1 is 0.676 bits per heavy atom. The van der Waals surface area contributed by atoms with Gasteiger partial charge in [0.05, 0.1) is 31.1 Å². The van der Waals surface area contributed by atoms with Crippen molar-refractivity contribution in [1.82, 2.24) is 0 Å². The Balaban J connectivity index is 0.000000818. The van der Waals surface area contributed by atoms with Crippen molar-refractivity contribution in [1.29, 1.82) is 0 Å². The van der Waals surface area contributed by atoms with Crippen molar-refractivity contribution in [3.63, 3.8) is 0 Å². The first-order chi connectivity index (χ1) is 16.2. The number of hydrogen-bond acceptors (Lipinski definition) is 4. The van der Waals surface area contributed by atoms with Gasteiger partial charge in [0.15, 0.2) is 0 Å². The van der Waals surface area contributed by atoms with Crippen LogP contribution in [0.3, 0.4) is 0 Å². The third kappa shape index (κ3) is 16.6. The summed E-state index contributed by atoms with van der Waals surface area (Å²) in [5, 5.41) is 9.16. The lowest BCUT2D eigenvalue weighted by Crippen LogP contribution is -2.50. The van der Waals surface area contributed by atoms with E-state index in [0.29, 0.717) is 6.61 Å². The second-order valence-corrected chi connectivity index (χ2v) is 11.1. The number of hydrogen-bond donors (Lipinski definition) is 1. The zero-order valence-corrected chi connectivity index (χ0v) is 23.4. The quantitative estimate of drug-likeness (QED) is 0.129. The lowest BCUT2D eigenvalue weighted by atomic mass is 10.1. The highest BCUT2D eigenvalue weighted by Gasteiger charge is 2.25. The van der Waals surface area contributed by atoms with Crippen molar-refractivity contribution < 1.29 is 22.6 Å². The third-order valence-electron chi connectivity index (χ3n) is 6.56. The minimum atomic E-state index is -4.27. The van der Waals surface area contributed by atoms with Crippen LogP contribution in [0.15, 0.2) is 29.2 Å². The van der Waals surface area contributed by atoms with Crippen LogP contribution in [0.2, 0.25) is 0 Å². The standard InChI is InChI=1S/C21H46NO.C7H8O3S/c1-4-7-10-13-18-22(17-12-9-6-3,20-15-16-21-23)19-14-11-8-5-2;1-6-2-4-7(5-3-6)11(8,9)10/h23H,4-21H2,1-3H3;2-5H,1H3,(H,8,9,10)/q+1;/p-1. The maximum Gasteiger partial charge on any atom is 0.124 e. The van der Waals surface area contributed by atoms with E-state index in [-0.39, 0.29) is 4.90 Å². The predicted molar refractivity (Wildman–Crippen MR) is 143 cm³/mol. The molecule has 1 aromatic rings. The summed E-state index contributed by atoms with van der Waals surface area (Å²) in [4.78, 5) is -0.178. The molecular weight excluding hydrogens is 446 g/mol. The Morgan fingerprint density at radius 2 is 1.06 bits per heavy atom. The Kier molecular flexibility index (Phi) is 19.7. The van der Waals surface area contributed by atoms with Gasteiger partial charge in [0, 0.05) is 6.61 Å². The molecule has 0 aliphatic carbocycles. The largest absolute Gasteiger partial charge is 0.744 e. The van der Waals surface area contributed by atoms with Gasteiger partial charge in [-0.1, -0.05) is 70.6 Å². The van der Waals surface area contributed by atoms with Gasteiger partial charge in [-0.2, -0.15) is 0 Å². The average Bonchev–Trinajstić information content (AvgIpc) is 2.80. The van der Waals surface area contributed by atoms with Crippen molar-refractivity contribution in [3.8, 4) is 0 Å². The Bertz CT molecular complexity index is 665. The second-order valence-electron chi connectivity index (χ2n) is 9.76. The zero-order valence-electron chi connectivity index (χ0n) is 22.6. The van der Waals surface area contributed by atoms with Crippen LogP contribution in [0.1, 0.15) is 110 Å². The molecule has 0 radical (unpaired) electrons. The van der Waals surface area contributed by atoms with Crippen molar-refractivity contribution in [2.75, 3.05) is 32.8 Å². The molecule has 5 nitrogen and oxygen atoms in total. The van der Waals surface area contributed by atoms with Crippen LogP contribution in [0.25, 0.3) is 0 Å². The van der Waals surface area contributed by atoms with E-state index >= 15 is 0 Å². The molecule has 1 N–H and O–H groups in total. The van der Waals surface area contributed by atoms with Gasteiger partial charge in [0.1, 0.15) is 10.1 Å². The van der Waals surface area contributed by atoms with Gasteiger partial charge >= 0.3 is 0 Å². The molecule has 1 rings (SSSR count). The van der Waals surface area contributed by atoms with Crippen LogP contribution in [0.5, 0.6) is 0 Å². The molecule has 0 aliphatic heterocycles.